The van der Waals surface area contributed by atoms with Crippen LogP contribution in [0.5, 0.6) is 0 Å². The van der Waals surface area contributed by atoms with E-state index in [9.17, 15) is 4.39 Å². The molecule has 0 fully saturated rings. The van der Waals surface area contributed by atoms with Crippen LogP contribution in [0.3, 0.4) is 0 Å². The number of hydrogen-bond donors (Lipinski definition) is 1. The predicted molar refractivity (Wildman–Crippen MR) is 78.0 cm³/mol. The van der Waals surface area contributed by atoms with Gasteiger partial charge in [0.1, 0.15) is 5.82 Å². The Kier molecular flexibility index (Phi) is 3.51. The van der Waals surface area contributed by atoms with E-state index < -0.39 is 0 Å². The fourth-order valence-electron chi connectivity index (χ4n) is 1.63. The van der Waals surface area contributed by atoms with Crippen molar-refractivity contribution in [2.45, 2.75) is 0 Å². The van der Waals surface area contributed by atoms with E-state index in [0.717, 1.165) is 14.9 Å². The molecule has 2 aromatic carbocycles. The Labute approximate surface area is 113 Å². The predicted octanol–water partition coefficient (Wildman–Crippen LogP) is 3.78. The summed E-state index contributed by atoms with van der Waals surface area (Å²) in [5.74, 6) is -0.238. The van der Waals surface area contributed by atoms with Gasteiger partial charge in [-0.3, -0.25) is 0 Å². The van der Waals surface area contributed by atoms with Gasteiger partial charge in [0.05, 0.1) is 11.4 Å². The molecule has 2 nitrogen and oxygen atoms in total. The maximum Gasteiger partial charge on any atom is 0.123 e. The lowest BCUT2D eigenvalue weighted by Gasteiger charge is -2.21. The van der Waals surface area contributed by atoms with Crippen molar-refractivity contribution in [2.24, 2.45) is 0 Å². The van der Waals surface area contributed by atoms with Gasteiger partial charge < -0.3 is 10.6 Å². The van der Waals surface area contributed by atoms with Gasteiger partial charge in [0, 0.05) is 16.3 Å². The van der Waals surface area contributed by atoms with Crippen LogP contribution in [-0.2, 0) is 0 Å². The van der Waals surface area contributed by atoms with Gasteiger partial charge in [0.2, 0.25) is 0 Å². The highest BCUT2D eigenvalue weighted by atomic mass is 127. The minimum atomic E-state index is -0.238. The van der Waals surface area contributed by atoms with Crippen LogP contribution >= 0.6 is 22.6 Å². The molecule has 17 heavy (non-hydrogen) atoms. The molecule has 0 unspecified atom stereocenters. The molecule has 0 radical (unpaired) electrons. The fraction of sp³-hybridized carbons (Fsp3) is 0.0769. The molecular formula is C13H12FIN2. The Bertz CT molecular complexity index is 525. The lowest BCUT2D eigenvalue weighted by molar-refractivity contribution is 0.628. The van der Waals surface area contributed by atoms with E-state index in [2.05, 4.69) is 22.6 Å². The Hall–Kier alpha value is -1.30. The summed E-state index contributed by atoms with van der Waals surface area (Å²) in [6.07, 6.45) is 0. The third-order valence-electron chi connectivity index (χ3n) is 2.56. The Morgan fingerprint density at radius 1 is 1.12 bits per heavy atom. The first-order valence-corrected chi connectivity index (χ1v) is 6.20. The van der Waals surface area contributed by atoms with Crippen LogP contribution in [0.15, 0.2) is 42.5 Å². The second-order valence-corrected chi connectivity index (χ2v) is 4.98. The smallest absolute Gasteiger partial charge is 0.123 e. The summed E-state index contributed by atoms with van der Waals surface area (Å²) in [5, 5.41) is 0. The number of nitrogens with two attached hydrogens (primary N) is 1. The molecule has 88 valence electrons. The molecule has 2 rings (SSSR count). The lowest BCUT2D eigenvalue weighted by atomic mass is 10.2. The van der Waals surface area contributed by atoms with Crippen molar-refractivity contribution in [3.05, 3.63) is 51.9 Å². The van der Waals surface area contributed by atoms with Crippen molar-refractivity contribution in [3.63, 3.8) is 0 Å². The number of benzene rings is 2. The fourth-order valence-corrected chi connectivity index (χ4v) is 2.15. The average molecular weight is 342 g/mol. The number of hydrogen-bond acceptors (Lipinski definition) is 2. The summed E-state index contributed by atoms with van der Waals surface area (Å²) >= 11 is 2.22. The monoisotopic (exact) mass is 342 g/mol. The molecule has 0 aliphatic carbocycles. The van der Waals surface area contributed by atoms with E-state index in [-0.39, 0.29) is 5.82 Å². The molecule has 0 amide bonds. The van der Waals surface area contributed by atoms with Gasteiger partial charge in [-0.1, -0.05) is 0 Å². The quantitative estimate of drug-likeness (QED) is 0.665. The maximum atomic E-state index is 12.8. The van der Waals surface area contributed by atoms with Gasteiger partial charge in [0.25, 0.3) is 0 Å². The SMILES string of the molecule is CN(c1ccc(F)cc1)c1ccc(I)cc1N. The summed E-state index contributed by atoms with van der Waals surface area (Å²) < 4.78 is 13.9. The molecule has 0 atom stereocenters. The molecule has 4 heteroatoms. The molecule has 0 spiro atoms. The van der Waals surface area contributed by atoms with Crippen molar-refractivity contribution >= 4 is 39.7 Å². The topological polar surface area (TPSA) is 29.3 Å². The number of anilines is 3. The van der Waals surface area contributed by atoms with Crippen LogP contribution < -0.4 is 10.6 Å². The number of rotatable bonds is 2. The first kappa shape index (κ1) is 12.2. The minimum Gasteiger partial charge on any atom is -0.397 e. The van der Waals surface area contributed by atoms with E-state index in [1.165, 1.54) is 12.1 Å². The van der Waals surface area contributed by atoms with Gasteiger partial charge >= 0.3 is 0 Å². The van der Waals surface area contributed by atoms with Crippen molar-refractivity contribution in [3.8, 4) is 0 Å². The average Bonchev–Trinajstić information content (AvgIpc) is 2.29. The third-order valence-corrected chi connectivity index (χ3v) is 3.24. The van der Waals surface area contributed by atoms with Crippen LogP contribution in [0.2, 0.25) is 0 Å². The summed E-state index contributed by atoms with van der Waals surface area (Å²) in [6, 6.07) is 12.2. The highest BCUT2D eigenvalue weighted by Crippen LogP contribution is 2.29. The lowest BCUT2D eigenvalue weighted by Crippen LogP contribution is -2.11. The molecule has 2 N–H and O–H groups in total. The second kappa shape index (κ2) is 4.91. The molecule has 0 saturated carbocycles. The minimum absolute atomic E-state index is 0.238. The van der Waals surface area contributed by atoms with Crippen LogP contribution in [0.25, 0.3) is 0 Å². The molecule has 0 heterocycles. The first-order chi connectivity index (χ1) is 8.08. The third kappa shape index (κ3) is 2.69. The first-order valence-electron chi connectivity index (χ1n) is 5.12. The zero-order chi connectivity index (χ0) is 12.4. The number of halogens is 2. The Morgan fingerprint density at radius 2 is 1.76 bits per heavy atom. The van der Waals surface area contributed by atoms with Crippen molar-refractivity contribution < 1.29 is 4.39 Å². The van der Waals surface area contributed by atoms with Gasteiger partial charge in [-0.05, 0) is 65.1 Å². The highest BCUT2D eigenvalue weighted by molar-refractivity contribution is 14.1. The van der Waals surface area contributed by atoms with Crippen molar-refractivity contribution in [2.75, 3.05) is 17.7 Å². The van der Waals surface area contributed by atoms with Gasteiger partial charge in [0.15, 0.2) is 0 Å². The zero-order valence-electron chi connectivity index (χ0n) is 9.32. The van der Waals surface area contributed by atoms with E-state index in [0.29, 0.717) is 5.69 Å². The van der Waals surface area contributed by atoms with Crippen LogP contribution in [0.1, 0.15) is 0 Å². The molecule has 2 aromatic rings. The summed E-state index contributed by atoms with van der Waals surface area (Å²) in [6.45, 7) is 0. The number of nitrogens with zero attached hydrogens (tertiary/aromatic N) is 1. The molecule has 0 aliphatic rings. The van der Waals surface area contributed by atoms with Crippen molar-refractivity contribution in [1.29, 1.82) is 0 Å². The van der Waals surface area contributed by atoms with E-state index >= 15 is 0 Å². The molecule has 0 bridgehead atoms. The normalized spacial score (nSPS) is 10.3. The van der Waals surface area contributed by atoms with E-state index in [1.54, 1.807) is 12.1 Å². The molecule has 0 saturated heterocycles. The largest absolute Gasteiger partial charge is 0.397 e. The second-order valence-electron chi connectivity index (χ2n) is 3.74. The summed E-state index contributed by atoms with van der Waals surface area (Å²) in [5.41, 5.74) is 8.50. The number of nitrogen functional groups attached to an aromatic ring is 1. The van der Waals surface area contributed by atoms with Gasteiger partial charge in [-0.15, -0.1) is 0 Å². The van der Waals surface area contributed by atoms with E-state index in [1.807, 2.05) is 30.1 Å². The standard InChI is InChI=1S/C13H12FIN2/c1-17(11-5-2-9(14)3-6-11)13-7-4-10(15)8-12(13)16/h2-8H,16H2,1H3. The Morgan fingerprint density at radius 3 is 2.35 bits per heavy atom. The zero-order valence-corrected chi connectivity index (χ0v) is 11.5. The molecular weight excluding hydrogens is 330 g/mol. The maximum absolute atomic E-state index is 12.8. The van der Waals surface area contributed by atoms with Crippen LogP contribution in [0.4, 0.5) is 21.5 Å². The summed E-state index contributed by atoms with van der Waals surface area (Å²) in [7, 11) is 1.91. The van der Waals surface area contributed by atoms with Crippen LogP contribution in [0, 0.1) is 9.39 Å². The molecule has 0 aromatic heterocycles. The highest BCUT2D eigenvalue weighted by Gasteiger charge is 2.07. The summed E-state index contributed by atoms with van der Waals surface area (Å²) in [4.78, 5) is 1.94. The molecule has 0 aliphatic heterocycles. The Balaban J connectivity index is 2.36. The van der Waals surface area contributed by atoms with E-state index in [4.69, 9.17) is 5.73 Å². The van der Waals surface area contributed by atoms with Crippen LogP contribution in [-0.4, -0.2) is 7.05 Å². The van der Waals surface area contributed by atoms with Gasteiger partial charge in [-0.25, -0.2) is 4.39 Å². The van der Waals surface area contributed by atoms with Crippen molar-refractivity contribution in [1.82, 2.24) is 0 Å². The van der Waals surface area contributed by atoms with Gasteiger partial charge in [-0.2, -0.15) is 0 Å².